The van der Waals surface area contributed by atoms with Crippen molar-refractivity contribution in [3.63, 3.8) is 0 Å². The third kappa shape index (κ3) is 4.03. The van der Waals surface area contributed by atoms with Crippen LogP contribution < -0.4 is 0 Å². The van der Waals surface area contributed by atoms with Gasteiger partial charge in [-0.1, -0.05) is 61.3 Å². The van der Waals surface area contributed by atoms with E-state index >= 15 is 0 Å². The molecule has 1 heterocycles. The molecule has 6 heteroatoms. The molecule has 0 aliphatic heterocycles. The Balaban J connectivity index is 1.64. The Kier molecular flexibility index (Phi) is 5.56. The number of ketones is 1. The molecule has 0 N–H and O–H groups in total. The molecule has 1 fully saturated rings. The summed E-state index contributed by atoms with van der Waals surface area (Å²) in [7, 11) is 0. The van der Waals surface area contributed by atoms with Crippen LogP contribution in [-0.2, 0) is 16.1 Å². The van der Waals surface area contributed by atoms with E-state index in [9.17, 15) is 9.59 Å². The standard InChI is InChI=1S/C20H18Cl2O3S/c1-20(2)14(10-16(21)22)17(20)19(24)25-11-12-5-3-6-13(9-12)18(23)15-7-4-8-26-15/h3-10,14,17H,11H2,1-2H3/t14-,17-/m0/s1. The third-order valence-electron chi connectivity index (χ3n) is 4.79. The van der Waals surface area contributed by atoms with E-state index < -0.39 is 0 Å². The SMILES string of the molecule is CC1(C)[C@H](C(=O)OCc2cccc(C(=O)c3cccs3)c2)[C@@H]1C=C(Cl)Cl. The van der Waals surface area contributed by atoms with Crippen LogP contribution in [0, 0.1) is 17.3 Å². The van der Waals surface area contributed by atoms with Gasteiger partial charge >= 0.3 is 5.97 Å². The summed E-state index contributed by atoms with van der Waals surface area (Å²) in [6.45, 7) is 4.09. The number of hydrogen-bond acceptors (Lipinski definition) is 4. The zero-order valence-electron chi connectivity index (χ0n) is 14.4. The molecule has 2 atom stereocenters. The summed E-state index contributed by atoms with van der Waals surface area (Å²) in [6.07, 6.45) is 1.69. The molecule has 3 rings (SSSR count). The van der Waals surface area contributed by atoms with Crippen LogP contribution >= 0.6 is 34.5 Å². The van der Waals surface area contributed by atoms with Crippen LogP contribution in [0.5, 0.6) is 0 Å². The highest BCUT2D eigenvalue weighted by Crippen LogP contribution is 2.60. The maximum atomic E-state index is 12.4. The zero-order valence-corrected chi connectivity index (χ0v) is 16.7. The average molecular weight is 409 g/mol. The van der Waals surface area contributed by atoms with Crippen molar-refractivity contribution in [2.45, 2.75) is 20.5 Å². The number of hydrogen-bond donors (Lipinski definition) is 0. The van der Waals surface area contributed by atoms with Crippen molar-refractivity contribution in [1.29, 1.82) is 0 Å². The predicted molar refractivity (Wildman–Crippen MR) is 105 cm³/mol. The van der Waals surface area contributed by atoms with Crippen molar-refractivity contribution in [2.75, 3.05) is 0 Å². The normalized spacial score (nSPS) is 20.3. The molecule has 136 valence electrons. The summed E-state index contributed by atoms with van der Waals surface area (Å²) >= 11 is 12.8. The maximum absolute atomic E-state index is 12.4. The number of ether oxygens (including phenoxy) is 1. The fourth-order valence-electron chi connectivity index (χ4n) is 3.17. The number of benzene rings is 1. The Morgan fingerprint density at radius 3 is 2.65 bits per heavy atom. The number of carbonyl (C=O) groups excluding carboxylic acids is 2. The highest BCUT2D eigenvalue weighted by atomic mass is 35.5. The van der Waals surface area contributed by atoms with Gasteiger partial charge in [-0.2, -0.15) is 0 Å². The predicted octanol–water partition coefficient (Wildman–Crippen LogP) is 5.61. The van der Waals surface area contributed by atoms with Gasteiger partial charge in [-0.15, -0.1) is 11.3 Å². The number of esters is 1. The zero-order chi connectivity index (χ0) is 18.9. The van der Waals surface area contributed by atoms with E-state index in [1.807, 2.05) is 31.4 Å². The maximum Gasteiger partial charge on any atom is 0.310 e. The fraction of sp³-hybridized carbons (Fsp3) is 0.300. The number of carbonyl (C=O) groups is 2. The van der Waals surface area contributed by atoms with E-state index in [1.165, 1.54) is 11.3 Å². The molecule has 1 aliphatic rings. The first kappa shape index (κ1) is 19.2. The lowest BCUT2D eigenvalue weighted by Gasteiger charge is -2.07. The Hall–Kier alpha value is -1.62. The summed E-state index contributed by atoms with van der Waals surface area (Å²) in [5.74, 6) is -0.586. The van der Waals surface area contributed by atoms with E-state index in [0.29, 0.717) is 10.4 Å². The topological polar surface area (TPSA) is 43.4 Å². The Labute approximate surface area is 166 Å². The second-order valence-corrected chi connectivity index (χ2v) is 8.85. The third-order valence-corrected chi connectivity index (χ3v) is 5.91. The van der Waals surface area contributed by atoms with Crippen molar-refractivity contribution in [3.05, 3.63) is 68.3 Å². The molecule has 0 spiro atoms. The van der Waals surface area contributed by atoms with Crippen LogP contribution in [-0.4, -0.2) is 11.8 Å². The summed E-state index contributed by atoms with van der Waals surface area (Å²) in [5, 5.41) is 1.87. The molecular formula is C20H18Cl2O3S. The first-order valence-electron chi connectivity index (χ1n) is 8.17. The van der Waals surface area contributed by atoms with Gasteiger partial charge in [0, 0.05) is 5.56 Å². The van der Waals surface area contributed by atoms with E-state index in [1.54, 1.807) is 30.3 Å². The van der Waals surface area contributed by atoms with Gasteiger partial charge in [0.15, 0.2) is 0 Å². The summed E-state index contributed by atoms with van der Waals surface area (Å²) in [6, 6.07) is 10.8. The summed E-state index contributed by atoms with van der Waals surface area (Å²) < 4.78 is 5.63. The molecule has 1 aliphatic carbocycles. The van der Waals surface area contributed by atoms with E-state index in [2.05, 4.69) is 0 Å². The monoisotopic (exact) mass is 408 g/mol. The van der Waals surface area contributed by atoms with Crippen molar-refractivity contribution in [3.8, 4) is 0 Å². The van der Waals surface area contributed by atoms with Gasteiger partial charge in [0.1, 0.15) is 11.1 Å². The van der Waals surface area contributed by atoms with Gasteiger partial charge in [-0.3, -0.25) is 9.59 Å². The van der Waals surface area contributed by atoms with Gasteiger partial charge in [-0.25, -0.2) is 0 Å². The van der Waals surface area contributed by atoms with Crippen LogP contribution in [0.4, 0.5) is 0 Å². The van der Waals surface area contributed by atoms with Crippen molar-refractivity contribution in [1.82, 2.24) is 0 Å². The molecule has 0 bridgehead atoms. The van der Waals surface area contributed by atoms with Gasteiger partial charge in [0.2, 0.25) is 5.78 Å². The minimum atomic E-state index is -0.277. The first-order chi connectivity index (χ1) is 12.3. The summed E-state index contributed by atoms with van der Waals surface area (Å²) in [5.41, 5.74) is 1.15. The smallest absolute Gasteiger partial charge is 0.310 e. The van der Waals surface area contributed by atoms with Crippen molar-refractivity contribution >= 4 is 46.3 Å². The lowest BCUT2D eigenvalue weighted by Crippen LogP contribution is -2.11. The minimum absolute atomic E-state index is 0.0215. The molecule has 0 amide bonds. The second-order valence-electron chi connectivity index (χ2n) is 6.90. The van der Waals surface area contributed by atoms with Crippen molar-refractivity contribution in [2.24, 2.45) is 17.3 Å². The van der Waals surface area contributed by atoms with E-state index in [0.717, 1.165) is 5.56 Å². The summed E-state index contributed by atoms with van der Waals surface area (Å²) in [4.78, 5) is 25.5. The number of thiophene rings is 1. The molecule has 0 radical (unpaired) electrons. The van der Waals surface area contributed by atoms with Crippen LogP contribution in [0.2, 0.25) is 0 Å². The van der Waals surface area contributed by atoms with Gasteiger partial charge < -0.3 is 4.74 Å². The largest absolute Gasteiger partial charge is 0.461 e. The Morgan fingerprint density at radius 1 is 1.23 bits per heavy atom. The number of allylic oxidation sites excluding steroid dienone is 1. The van der Waals surface area contributed by atoms with Crippen LogP contribution in [0.3, 0.4) is 0 Å². The lowest BCUT2D eigenvalue weighted by atomic mass is 10.1. The van der Waals surface area contributed by atoms with Gasteiger partial charge in [0.25, 0.3) is 0 Å². The molecule has 1 aromatic heterocycles. The molecular weight excluding hydrogens is 391 g/mol. The quantitative estimate of drug-likeness (QED) is 0.460. The number of halogens is 2. The number of rotatable bonds is 6. The second kappa shape index (κ2) is 7.55. The molecule has 1 saturated carbocycles. The fourth-order valence-corrected chi connectivity index (χ4v) is 4.13. The molecule has 3 nitrogen and oxygen atoms in total. The highest BCUT2D eigenvalue weighted by Gasteiger charge is 2.61. The molecule has 1 aromatic carbocycles. The molecule has 0 saturated heterocycles. The van der Waals surface area contributed by atoms with E-state index in [-0.39, 0.29) is 40.1 Å². The van der Waals surface area contributed by atoms with Crippen molar-refractivity contribution < 1.29 is 14.3 Å². The lowest BCUT2D eigenvalue weighted by molar-refractivity contribution is -0.147. The highest BCUT2D eigenvalue weighted by molar-refractivity contribution is 7.12. The van der Waals surface area contributed by atoms with Gasteiger partial charge in [0.05, 0.1) is 10.8 Å². The van der Waals surface area contributed by atoms with Crippen LogP contribution in [0.15, 0.2) is 52.3 Å². The van der Waals surface area contributed by atoms with E-state index in [4.69, 9.17) is 27.9 Å². The first-order valence-corrected chi connectivity index (χ1v) is 9.81. The minimum Gasteiger partial charge on any atom is -0.461 e. The molecule has 26 heavy (non-hydrogen) atoms. The molecule has 0 unspecified atom stereocenters. The van der Waals surface area contributed by atoms with Gasteiger partial charge in [-0.05, 0) is 40.5 Å². The average Bonchev–Trinajstić information content (AvgIpc) is 2.97. The molecule has 2 aromatic rings. The van der Waals surface area contributed by atoms with Crippen LogP contribution in [0.1, 0.15) is 34.6 Å². The Morgan fingerprint density at radius 2 is 2.00 bits per heavy atom. The van der Waals surface area contributed by atoms with Crippen LogP contribution in [0.25, 0.3) is 0 Å². The Bertz CT molecular complexity index is 852.